The van der Waals surface area contributed by atoms with E-state index in [1.54, 1.807) is 11.3 Å². The van der Waals surface area contributed by atoms with Crippen LogP contribution in [0.15, 0.2) is 30.3 Å². The number of rotatable bonds is 5. The average Bonchev–Trinajstić information content (AvgIpc) is 3.00. The molecule has 0 radical (unpaired) electrons. The molecule has 1 aliphatic rings. The fourth-order valence-corrected chi connectivity index (χ4v) is 5.08. The third-order valence-electron chi connectivity index (χ3n) is 5.18. The van der Waals surface area contributed by atoms with Gasteiger partial charge in [-0.15, -0.1) is 11.3 Å². The molecule has 3 rings (SSSR count). The summed E-state index contributed by atoms with van der Waals surface area (Å²) in [6.07, 6.45) is 4.75. The van der Waals surface area contributed by atoms with Crippen molar-refractivity contribution in [2.45, 2.75) is 51.9 Å². The Morgan fingerprint density at radius 2 is 2.04 bits per heavy atom. The second kappa shape index (κ2) is 7.84. The minimum atomic E-state index is 0.00981. The molecule has 1 N–H and O–H groups in total. The van der Waals surface area contributed by atoms with E-state index in [0.29, 0.717) is 11.5 Å². The number of amides is 1. The van der Waals surface area contributed by atoms with E-state index in [1.165, 1.54) is 10.4 Å². The Hall–Kier alpha value is -2.12. The second-order valence-corrected chi connectivity index (χ2v) is 7.67. The van der Waals surface area contributed by atoms with Crippen molar-refractivity contribution in [3.8, 4) is 6.07 Å². The first kappa shape index (κ1) is 17.7. The van der Waals surface area contributed by atoms with Crippen molar-refractivity contribution in [3.05, 3.63) is 51.9 Å². The third-order valence-corrected chi connectivity index (χ3v) is 6.44. The van der Waals surface area contributed by atoms with Gasteiger partial charge >= 0.3 is 0 Å². The molecule has 1 aromatic heterocycles. The van der Waals surface area contributed by atoms with Crippen molar-refractivity contribution < 1.29 is 4.79 Å². The lowest BCUT2D eigenvalue weighted by Crippen LogP contribution is -2.21. The molecule has 0 saturated heterocycles. The van der Waals surface area contributed by atoms with Gasteiger partial charge in [0, 0.05) is 16.7 Å². The Bertz CT molecular complexity index is 784. The standard InChI is InChI=1S/C21H24N2OS/c1-3-14(4-2)20(24)23-21-18(13-22)17-12-8-11-16(19(17)25-21)15-9-6-5-7-10-15/h5-7,9-10,14,16H,3-4,8,11-12H2,1-2H3,(H,23,24). The Kier molecular flexibility index (Phi) is 5.55. The van der Waals surface area contributed by atoms with Crippen LogP contribution in [0.25, 0.3) is 0 Å². The summed E-state index contributed by atoms with van der Waals surface area (Å²) in [5, 5.41) is 13.5. The molecule has 1 aromatic carbocycles. The van der Waals surface area contributed by atoms with Crippen molar-refractivity contribution in [2.75, 3.05) is 5.32 Å². The van der Waals surface area contributed by atoms with E-state index in [0.717, 1.165) is 42.7 Å². The molecule has 1 heterocycles. The third kappa shape index (κ3) is 3.48. The average molecular weight is 353 g/mol. The Balaban J connectivity index is 1.96. The number of carbonyl (C=O) groups is 1. The summed E-state index contributed by atoms with van der Waals surface area (Å²) >= 11 is 1.60. The van der Waals surface area contributed by atoms with Crippen LogP contribution in [0.2, 0.25) is 0 Å². The number of thiophene rings is 1. The minimum absolute atomic E-state index is 0.00981. The molecule has 3 nitrogen and oxygen atoms in total. The summed E-state index contributed by atoms with van der Waals surface area (Å²) in [5.74, 6) is 0.382. The monoisotopic (exact) mass is 352 g/mol. The zero-order valence-electron chi connectivity index (χ0n) is 14.8. The van der Waals surface area contributed by atoms with Gasteiger partial charge in [0.25, 0.3) is 0 Å². The molecule has 0 bridgehead atoms. The van der Waals surface area contributed by atoms with Gasteiger partial charge in [0.15, 0.2) is 0 Å². The van der Waals surface area contributed by atoms with E-state index in [2.05, 4.69) is 35.7 Å². The number of fused-ring (bicyclic) bond motifs is 1. The van der Waals surface area contributed by atoms with Crippen molar-refractivity contribution in [2.24, 2.45) is 5.92 Å². The molecule has 1 amide bonds. The van der Waals surface area contributed by atoms with Crippen LogP contribution in [0.4, 0.5) is 5.00 Å². The molecule has 1 atom stereocenters. The van der Waals surface area contributed by atoms with Crippen molar-refractivity contribution in [1.82, 2.24) is 0 Å². The van der Waals surface area contributed by atoms with E-state index in [9.17, 15) is 10.1 Å². The number of hydrogen-bond donors (Lipinski definition) is 1. The highest BCUT2D eigenvalue weighted by atomic mass is 32.1. The molecule has 4 heteroatoms. The summed E-state index contributed by atoms with van der Waals surface area (Å²) in [4.78, 5) is 13.8. The van der Waals surface area contributed by atoms with Crippen LogP contribution in [0.3, 0.4) is 0 Å². The molecule has 130 valence electrons. The van der Waals surface area contributed by atoms with Crippen LogP contribution < -0.4 is 5.32 Å². The number of carbonyl (C=O) groups excluding carboxylic acids is 1. The van der Waals surface area contributed by atoms with Crippen molar-refractivity contribution >= 4 is 22.2 Å². The molecule has 0 saturated carbocycles. The molecule has 2 aromatic rings. The van der Waals surface area contributed by atoms with Gasteiger partial charge in [-0.3, -0.25) is 4.79 Å². The van der Waals surface area contributed by atoms with E-state index in [-0.39, 0.29) is 11.8 Å². The molecule has 1 aliphatic carbocycles. The number of nitrogens with zero attached hydrogens (tertiary/aromatic N) is 1. The molecular formula is C21H24N2OS. The van der Waals surface area contributed by atoms with Gasteiger partial charge in [-0.2, -0.15) is 5.26 Å². The Morgan fingerprint density at radius 1 is 1.32 bits per heavy atom. The lowest BCUT2D eigenvalue weighted by atomic mass is 9.83. The highest BCUT2D eigenvalue weighted by Crippen LogP contribution is 2.46. The predicted molar refractivity (Wildman–Crippen MR) is 103 cm³/mol. The summed E-state index contributed by atoms with van der Waals surface area (Å²) in [7, 11) is 0. The first-order valence-electron chi connectivity index (χ1n) is 9.11. The van der Waals surface area contributed by atoms with Crippen molar-refractivity contribution in [3.63, 3.8) is 0 Å². The molecule has 1 unspecified atom stereocenters. The zero-order valence-corrected chi connectivity index (χ0v) is 15.7. The number of benzene rings is 1. The van der Waals surface area contributed by atoms with Gasteiger partial charge in [0.2, 0.25) is 5.91 Å². The molecule has 0 aliphatic heterocycles. The SMILES string of the molecule is CCC(CC)C(=O)Nc1sc2c(c1C#N)CCCC2c1ccccc1. The highest BCUT2D eigenvalue weighted by Gasteiger charge is 2.29. The van der Waals surface area contributed by atoms with Crippen LogP contribution in [0.5, 0.6) is 0 Å². The van der Waals surface area contributed by atoms with Gasteiger partial charge in [-0.25, -0.2) is 0 Å². The largest absolute Gasteiger partial charge is 0.316 e. The Morgan fingerprint density at radius 3 is 2.68 bits per heavy atom. The van der Waals surface area contributed by atoms with Crippen LogP contribution in [-0.4, -0.2) is 5.91 Å². The van der Waals surface area contributed by atoms with Gasteiger partial charge in [-0.1, -0.05) is 44.2 Å². The number of hydrogen-bond acceptors (Lipinski definition) is 3. The van der Waals surface area contributed by atoms with Crippen LogP contribution in [-0.2, 0) is 11.2 Å². The molecule has 0 fully saturated rings. The Labute approximate surface area is 153 Å². The van der Waals surface area contributed by atoms with Gasteiger partial charge in [-0.05, 0) is 43.2 Å². The van der Waals surface area contributed by atoms with Crippen LogP contribution in [0.1, 0.15) is 67.0 Å². The quantitative estimate of drug-likeness (QED) is 0.776. The first-order chi connectivity index (χ1) is 12.2. The summed E-state index contributed by atoms with van der Waals surface area (Å²) in [6, 6.07) is 12.8. The lowest BCUT2D eigenvalue weighted by Gasteiger charge is -2.22. The number of anilines is 1. The summed E-state index contributed by atoms with van der Waals surface area (Å²) < 4.78 is 0. The zero-order chi connectivity index (χ0) is 17.8. The van der Waals surface area contributed by atoms with Gasteiger partial charge < -0.3 is 5.32 Å². The fraction of sp³-hybridized carbons (Fsp3) is 0.429. The highest BCUT2D eigenvalue weighted by molar-refractivity contribution is 7.16. The topological polar surface area (TPSA) is 52.9 Å². The summed E-state index contributed by atoms with van der Waals surface area (Å²) in [5.41, 5.74) is 3.12. The normalized spacial score (nSPS) is 16.3. The maximum atomic E-state index is 12.5. The number of nitrogens with one attached hydrogen (secondary N) is 1. The second-order valence-electron chi connectivity index (χ2n) is 6.62. The maximum Gasteiger partial charge on any atom is 0.228 e. The molecular weight excluding hydrogens is 328 g/mol. The van der Waals surface area contributed by atoms with E-state index < -0.39 is 0 Å². The van der Waals surface area contributed by atoms with Gasteiger partial charge in [0.1, 0.15) is 11.1 Å². The van der Waals surface area contributed by atoms with E-state index in [1.807, 2.05) is 19.9 Å². The van der Waals surface area contributed by atoms with Crippen LogP contribution >= 0.6 is 11.3 Å². The fourth-order valence-electron chi connectivity index (χ4n) is 3.71. The van der Waals surface area contributed by atoms with E-state index >= 15 is 0 Å². The summed E-state index contributed by atoms with van der Waals surface area (Å²) in [6.45, 7) is 4.06. The first-order valence-corrected chi connectivity index (χ1v) is 9.92. The maximum absolute atomic E-state index is 12.5. The van der Waals surface area contributed by atoms with E-state index in [4.69, 9.17) is 0 Å². The van der Waals surface area contributed by atoms with Gasteiger partial charge in [0.05, 0.1) is 5.56 Å². The number of nitriles is 1. The lowest BCUT2D eigenvalue weighted by molar-refractivity contribution is -0.120. The predicted octanol–water partition coefficient (Wildman–Crippen LogP) is 5.46. The smallest absolute Gasteiger partial charge is 0.228 e. The molecule has 25 heavy (non-hydrogen) atoms. The molecule has 0 spiro atoms. The van der Waals surface area contributed by atoms with Crippen molar-refractivity contribution in [1.29, 1.82) is 5.26 Å². The minimum Gasteiger partial charge on any atom is -0.316 e. The van der Waals surface area contributed by atoms with Crippen LogP contribution in [0, 0.1) is 17.2 Å².